The zero-order valence-corrected chi connectivity index (χ0v) is 10.9. The minimum Gasteiger partial charge on any atom is -0.360 e. The molecule has 0 aromatic carbocycles. The van der Waals surface area contributed by atoms with Crippen LogP contribution in [0.3, 0.4) is 0 Å². The van der Waals surface area contributed by atoms with Gasteiger partial charge in [-0.2, -0.15) is 0 Å². The second kappa shape index (κ2) is 5.65. The molecule has 4 nitrogen and oxygen atoms in total. The lowest BCUT2D eigenvalue weighted by Gasteiger charge is -2.51. The maximum atomic E-state index is 11.1. The van der Waals surface area contributed by atoms with Crippen molar-refractivity contribution in [3.63, 3.8) is 0 Å². The van der Waals surface area contributed by atoms with Gasteiger partial charge in [0.05, 0.1) is 6.61 Å². The van der Waals surface area contributed by atoms with E-state index in [2.05, 4.69) is 11.9 Å². The smallest absolute Gasteiger partial charge is 0.243 e. The first kappa shape index (κ1) is 14.2. The highest BCUT2D eigenvalue weighted by molar-refractivity contribution is 5.86. The molecule has 0 atom stereocenters. The summed E-state index contributed by atoms with van der Waals surface area (Å²) in [5.74, 6) is -0.112. The van der Waals surface area contributed by atoms with E-state index in [0.717, 1.165) is 25.7 Å². The third-order valence-corrected chi connectivity index (χ3v) is 3.65. The number of hydrogen-bond donors (Lipinski definition) is 2. The number of ether oxygens (including phenoxy) is 1. The molecule has 3 aliphatic rings. The van der Waals surface area contributed by atoms with Gasteiger partial charge < -0.3 is 15.8 Å². The summed E-state index contributed by atoms with van der Waals surface area (Å²) in [5, 5.41) is 2.85. The highest BCUT2D eigenvalue weighted by Gasteiger charge is 2.47. The summed E-state index contributed by atoms with van der Waals surface area (Å²) in [6, 6.07) is 0. The van der Waals surface area contributed by atoms with Crippen molar-refractivity contribution < 1.29 is 9.53 Å². The van der Waals surface area contributed by atoms with Crippen molar-refractivity contribution in [1.29, 1.82) is 0 Å². The van der Waals surface area contributed by atoms with Gasteiger partial charge in [-0.15, -0.1) is 0 Å². The molecule has 1 saturated carbocycles. The molecule has 98 valence electrons. The highest BCUT2D eigenvalue weighted by Crippen LogP contribution is 2.45. The van der Waals surface area contributed by atoms with E-state index >= 15 is 0 Å². The van der Waals surface area contributed by atoms with Crippen LogP contribution in [0.4, 0.5) is 0 Å². The predicted octanol–water partition coefficient (Wildman–Crippen LogP) is 1.56. The molecule has 2 saturated heterocycles. The van der Waals surface area contributed by atoms with Crippen LogP contribution in [0.25, 0.3) is 0 Å². The van der Waals surface area contributed by atoms with Crippen molar-refractivity contribution in [3.05, 3.63) is 12.7 Å². The maximum absolute atomic E-state index is 11.1. The van der Waals surface area contributed by atoms with Crippen LogP contribution < -0.4 is 11.1 Å². The third kappa shape index (κ3) is 3.30. The first-order chi connectivity index (χ1) is 8.08. The zero-order valence-electron chi connectivity index (χ0n) is 10.9. The van der Waals surface area contributed by atoms with Gasteiger partial charge in [-0.05, 0) is 31.8 Å². The Morgan fingerprint density at radius 3 is 2.41 bits per heavy atom. The summed E-state index contributed by atoms with van der Waals surface area (Å²) in [5.41, 5.74) is 5.74. The van der Waals surface area contributed by atoms with E-state index in [1.165, 1.54) is 6.08 Å². The van der Waals surface area contributed by atoms with Crippen LogP contribution in [0.2, 0.25) is 0 Å². The highest BCUT2D eigenvalue weighted by atomic mass is 16.5. The Balaban J connectivity index is 0.000000686. The molecule has 4 heteroatoms. The number of rotatable bonds is 3. The van der Waals surface area contributed by atoms with Crippen molar-refractivity contribution in [1.82, 2.24) is 5.32 Å². The molecule has 0 aromatic rings. The zero-order chi connectivity index (χ0) is 12.9. The summed E-state index contributed by atoms with van der Waals surface area (Å²) in [4.78, 5) is 11.1. The number of nitrogens with one attached hydrogen (secondary N) is 1. The standard InChI is InChI=1S/C11H18N2O2.C2H6/c1-2-9(14)13-7-10-3-5-11(12,6-4-10)15-8-10;1-2/h2H,1,3-8,12H2,(H,13,14);1-2H3. The number of nitrogens with two attached hydrogens (primary N) is 1. The molecule has 0 spiro atoms. The molecule has 17 heavy (non-hydrogen) atoms. The monoisotopic (exact) mass is 240 g/mol. The van der Waals surface area contributed by atoms with E-state index in [1.54, 1.807) is 0 Å². The largest absolute Gasteiger partial charge is 0.360 e. The van der Waals surface area contributed by atoms with Crippen LogP contribution in [0.15, 0.2) is 12.7 Å². The minimum absolute atomic E-state index is 0.111. The van der Waals surface area contributed by atoms with Gasteiger partial charge in [0.2, 0.25) is 5.91 Å². The molecule has 3 fully saturated rings. The van der Waals surface area contributed by atoms with Gasteiger partial charge in [-0.3, -0.25) is 4.79 Å². The van der Waals surface area contributed by atoms with Gasteiger partial charge in [-0.25, -0.2) is 0 Å². The summed E-state index contributed by atoms with van der Waals surface area (Å²) in [6.45, 7) is 8.77. The molecule has 1 amide bonds. The Bertz CT molecular complexity index is 265. The maximum Gasteiger partial charge on any atom is 0.243 e. The van der Waals surface area contributed by atoms with Crippen LogP contribution in [0.1, 0.15) is 39.5 Å². The van der Waals surface area contributed by atoms with Crippen molar-refractivity contribution in [3.8, 4) is 0 Å². The molecular weight excluding hydrogens is 216 g/mol. The molecule has 0 radical (unpaired) electrons. The fourth-order valence-corrected chi connectivity index (χ4v) is 2.36. The normalized spacial score (nSPS) is 34.5. The van der Waals surface area contributed by atoms with Crippen molar-refractivity contribution in [2.24, 2.45) is 11.1 Å². The van der Waals surface area contributed by atoms with Crippen molar-refractivity contribution >= 4 is 5.91 Å². The molecule has 0 aromatic heterocycles. The summed E-state index contributed by atoms with van der Waals surface area (Å²) < 4.78 is 5.63. The van der Waals surface area contributed by atoms with Gasteiger partial charge in [0.1, 0.15) is 5.72 Å². The molecule has 1 aliphatic carbocycles. The topological polar surface area (TPSA) is 64.4 Å². The first-order valence-corrected chi connectivity index (χ1v) is 6.41. The predicted molar refractivity (Wildman–Crippen MR) is 68.3 cm³/mol. The lowest BCUT2D eigenvalue weighted by atomic mass is 9.69. The second-order valence-corrected chi connectivity index (χ2v) is 4.78. The van der Waals surface area contributed by atoms with E-state index in [1.807, 2.05) is 13.8 Å². The van der Waals surface area contributed by atoms with E-state index in [4.69, 9.17) is 10.5 Å². The Morgan fingerprint density at radius 1 is 1.41 bits per heavy atom. The first-order valence-electron chi connectivity index (χ1n) is 6.41. The van der Waals surface area contributed by atoms with Crippen LogP contribution in [-0.4, -0.2) is 24.8 Å². The number of fused-ring (bicyclic) bond motifs is 3. The quantitative estimate of drug-likeness (QED) is 0.736. The van der Waals surface area contributed by atoms with Gasteiger partial charge >= 0.3 is 0 Å². The molecule has 2 aliphatic heterocycles. The molecule has 3 rings (SSSR count). The molecule has 0 unspecified atom stereocenters. The lowest BCUT2D eigenvalue weighted by molar-refractivity contribution is -0.179. The fourth-order valence-electron chi connectivity index (χ4n) is 2.36. The second-order valence-electron chi connectivity index (χ2n) is 4.78. The van der Waals surface area contributed by atoms with E-state index in [-0.39, 0.29) is 17.0 Å². The minimum atomic E-state index is -0.385. The number of carbonyl (C=O) groups excluding carboxylic acids is 1. The van der Waals surface area contributed by atoms with Crippen LogP contribution >= 0.6 is 0 Å². The lowest BCUT2D eigenvalue weighted by Crippen LogP contribution is -2.59. The Kier molecular flexibility index (Phi) is 4.71. The van der Waals surface area contributed by atoms with Gasteiger partial charge in [0.25, 0.3) is 0 Å². The van der Waals surface area contributed by atoms with E-state index in [0.29, 0.717) is 13.2 Å². The van der Waals surface area contributed by atoms with Gasteiger partial charge in [0.15, 0.2) is 0 Å². The summed E-state index contributed by atoms with van der Waals surface area (Å²) in [6.07, 6.45) is 5.19. The Hall–Kier alpha value is -0.870. The van der Waals surface area contributed by atoms with Crippen LogP contribution in [-0.2, 0) is 9.53 Å². The number of hydrogen-bond acceptors (Lipinski definition) is 3. The fraction of sp³-hybridized carbons (Fsp3) is 0.769. The molecular formula is C13H24N2O2. The van der Waals surface area contributed by atoms with Gasteiger partial charge in [-0.1, -0.05) is 20.4 Å². The van der Waals surface area contributed by atoms with Crippen molar-refractivity contribution in [2.45, 2.75) is 45.3 Å². The third-order valence-electron chi connectivity index (χ3n) is 3.65. The summed E-state index contributed by atoms with van der Waals surface area (Å²) in [7, 11) is 0. The average Bonchev–Trinajstić information content (AvgIpc) is 2.40. The van der Waals surface area contributed by atoms with Crippen molar-refractivity contribution in [2.75, 3.05) is 13.2 Å². The molecule has 2 heterocycles. The van der Waals surface area contributed by atoms with Gasteiger partial charge in [0, 0.05) is 12.0 Å². The van der Waals surface area contributed by atoms with Crippen LogP contribution in [0, 0.1) is 5.41 Å². The molecule has 3 N–H and O–H groups in total. The SMILES string of the molecule is C=CC(=O)NCC12CCC(N)(CC1)OC2.CC. The van der Waals surface area contributed by atoms with E-state index in [9.17, 15) is 4.79 Å². The number of amides is 1. The Morgan fingerprint density at radius 2 is 2.00 bits per heavy atom. The Labute approximate surface area is 104 Å². The average molecular weight is 240 g/mol. The molecule has 2 bridgehead atoms. The summed E-state index contributed by atoms with van der Waals surface area (Å²) >= 11 is 0. The number of carbonyl (C=O) groups is 1. The van der Waals surface area contributed by atoms with E-state index < -0.39 is 0 Å². The van der Waals surface area contributed by atoms with Crippen LogP contribution in [0.5, 0.6) is 0 Å².